The predicted octanol–water partition coefficient (Wildman–Crippen LogP) is 2.65. The van der Waals surface area contributed by atoms with Crippen LogP contribution in [-0.2, 0) is 4.79 Å². The lowest BCUT2D eigenvalue weighted by Gasteiger charge is -2.26. The van der Waals surface area contributed by atoms with E-state index in [1.165, 1.54) is 5.56 Å². The molecule has 1 heterocycles. The molecule has 1 aliphatic rings. The van der Waals surface area contributed by atoms with Crippen molar-refractivity contribution in [3.8, 4) is 0 Å². The highest BCUT2D eigenvalue weighted by atomic mass is 16.1. The van der Waals surface area contributed by atoms with Crippen LogP contribution in [-0.4, -0.2) is 15.8 Å². The number of aromatic nitrogens is 2. The fourth-order valence-corrected chi connectivity index (χ4v) is 2.45. The van der Waals surface area contributed by atoms with E-state index in [1.807, 2.05) is 19.3 Å². The number of Topliss-reactive ketones (excluding diaryl/α,β-unsaturated/α-hetero) is 1. The number of hydrogen-bond acceptors (Lipinski definition) is 3. The van der Waals surface area contributed by atoms with E-state index >= 15 is 0 Å². The Balaban J connectivity index is 1.99. The molecule has 1 aliphatic carbocycles. The van der Waals surface area contributed by atoms with Crippen molar-refractivity contribution < 1.29 is 4.79 Å². The minimum absolute atomic E-state index is 0.294. The molecule has 0 amide bonds. The number of rotatable bonds is 2. The Morgan fingerprint density at radius 2 is 1.75 bits per heavy atom. The van der Waals surface area contributed by atoms with Gasteiger partial charge in [0, 0.05) is 18.3 Å². The van der Waals surface area contributed by atoms with E-state index in [2.05, 4.69) is 9.97 Å². The number of aryl methyl sites for hydroxylation is 1. The van der Waals surface area contributed by atoms with E-state index in [1.54, 1.807) is 6.92 Å². The molecular weight excluding hydrogens is 200 g/mol. The first kappa shape index (κ1) is 11.2. The maximum absolute atomic E-state index is 11.3. The molecule has 0 N–H and O–H groups in total. The minimum Gasteiger partial charge on any atom is -0.300 e. The lowest BCUT2D eigenvalue weighted by molar-refractivity contribution is -0.121. The lowest BCUT2D eigenvalue weighted by atomic mass is 9.78. The molecular formula is C13H18N2O. The van der Waals surface area contributed by atoms with Crippen LogP contribution in [0, 0.1) is 12.8 Å². The summed E-state index contributed by atoms with van der Waals surface area (Å²) < 4.78 is 0. The molecule has 1 fully saturated rings. The van der Waals surface area contributed by atoms with Crippen molar-refractivity contribution in [1.82, 2.24) is 9.97 Å². The van der Waals surface area contributed by atoms with Crippen LogP contribution >= 0.6 is 0 Å². The average molecular weight is 218 g/mol. The number of hydrogen-bond donors (Lipinski definition) is 0. The monoisotopic (exact) mass is 218 g/mol. The van der Waals surface area contributed by atoms with E-state index in [4.69, 9.17) is 0 Å². The third-order valence-corrected chi connectivity index (χ3v) is 3.57. The highest BCUT2D eigenvalue weighted by Gasteiger charge is 2.25. The molecule has 1 saturated carbocycles. The van der Waals surface area contributed by atoms with E-state index in [-0.39, 0.29) is 0 Å². The van der Waals surface area contributed by atoms with Crippen LogP contribution in [0.25, 0.3) is 0 Å². The van der Waals surface area contributed by atoms with E-state index in [9.17, 15) is 4.79 Å². The van der Waals surface area contributed by atoms with Crippen LogP contribution in [0.2, 0.25) is 0 Å². The van der Waals surface area contributed by atoms with Gasteiger partial charge in [0.15, 0.2) is 0 Å². The first-order valence-electron chi connectivity index (χ1n) is 5.96. The van der Waals surface area contributed by atoms with Gasteiger partial charge in [-0.3, -0.25) is 4.79 Å². The Bertz CT molecular complexity index is 364. The Kier molecular flexibility index (Phi) is 3.32. The second-order valence-electron chi connectivity index (χ2n) is 4.72. The first-order chi connectivity index (χ1) is 7.66. The van der Waals surface area contributed by atoms with Crippen LogP contribution in [0.4, 0.5) is 0 Å². The zero-order chi connectivity index (χ0) is 11.5. The van der Waals surface area contributed by atoms with E-state index in [0.29, 0.717) is 17.6 Å². The smallest absolute Gasteiger partial charge is 0.132 e. The third kappa shape index (κ3) is 2.46. The molecule has 0 unspecified atom stereocenters. The van der Waals surface area contributed by atoms with Gasteiger partial charge in [-0.15, -0.1) is 0 Å². The second-order valence-corrected chi connectivity index (χ2v) is 4.72. The van der Waals surface area contributed by atoms with Crippen molar-refractivity contribution in [2.75, 3.05) is 0 Å². The quantitative estimate of drug-likeness (QED) is 0.766. The van der Waals surface area contributed by atoms with Gasteiger partial charge < -0.3 is 0 Å². The van der Waals surface area contributed by atoms with Crippen molar-refractivity contribution in [3.63, 3.8) is 0 Å². The van der Waals surface area contributed by atoms with Gasteiger partial charge in [0.2, 0.25) is 0 Å². The summed E-state index contributed by atoms with van der Waals surface area (Å²) in [5.74, 6) is 2.01. The SMILES string of the molecule is CC(=O)C1CCC(c2cnc(C)nc2)CC1. The maximum atomic E-state index is 11.3. The van der Waals surface area contributed by atoms with E-state index in [0.717, 1.165) is 31.5 Å². The molecule has 1 aromatic rings. The van der Waals surface area contributed by atoms with Gasteiger partial charge in [-0.1, -0.05) is 0 Å². The molecule has 0 bridgehead atoms. The van der Waals surface area contributed by atoms with Crippen molar-refractivity contribution >= 4 is 5.78 Å². The lowest BCUT2D eigenvalue weighted by Crippen LogP contribution is -2.19. The summed E-state index contributed by atoms with van der Waals surface area (Å²) >= 11 is 0. The largest absolute Gasteiger partial charge is 0.300 e. The summed E-state index contributed by atoms with van der Waals surface area (Å²) in [6.45, 7) is 3.61. The summed E-state index contributed by atoms with van der Waals surface area (Å²) in [5, 5.41) is 0. The molecule has 16 heavy (non-hydrogen) atoms. The van der Waals surface area contributed by atoms with Gasteiger partial charge >= 0.3 is 0 Å². The Morgan fingerprint density at radius 1 is 1.19 bits per heavy atom. The van der Waals surface area contributed by atoms with Gasteiger partial charge in [0.05, 0.1) is 0 Å². The van der Waals surface area contributed by atoms with Crippen molar-refractivity contribution in [3.05, 3.63) is 23.8 Å². The topological polar surface area (TPSA) is 42.9 Å². The zero-order valence-corrected chi connectivity index (χ0v) is 9.94. The van der Waals surface area contributed by atoms with Crippen molar-refractivity contribution in [1.29, 1.82) is 0 Å². The molecule has 3 heteroatoms. The van der Waals surface area contributed by atoms with E-state index < -0.39 is 0 Å². The second kappa shape index (κ2) is 4.73. The maximum Gasteiger partial charge on any atom is 0.132 e. The highest BCUT2D eigenvalue weighted by molar-refractivity contribution is 5.78. The molecule has 86 valence electrons. The summed E-state index contributed by atoms with van der Waals surface area (Å²) in [4.78, 5) is 19.7. The molecule has 3 nitrogen and oxygen atoms in total. The number of carbonyl (C=O) groups excluding carboxylic acids is 1. The van der Waals surface area contributed by atoms with Gasteiger partial charge in [-0.2, -0.15) is 0 Å². The van der Waals surface area contributed by atoms with Gasteiger partial charge in [-0.25, -0.2) is 9.97 Å². The molecule has 1 aromatic heterocycles. The molecule has 2 rings (SSSR count). The number of nitrogens with zero attached hydrogens (tertiary/aromatic N) is 2. The highest BCUT2D eigenvalue weighted by Crippen LogP contribution is 2.35. The zero-order valence-electron chi connectivity index (χ0n) is 9.94. The van der Waals surface area contributed by atoms with Crippen LogP contribution in [0.1, 0.15) is 49.9 Å². The molecule has 0 radical (unpaired) electrons. The van der Waals surface area contributed by atoms with Crippen LogP contribution in [0.3, 0.4) is 0 Å². The molecule has 0 aliphatic heterocycles. The summed E-state index contributed by atoms with van der Waals surface area (Å²) in [6, 6.07) is 0. The first-order valence-corrected chi connectivity index (χ1v) is 5.96. The third-order valence-electron chi connectivity index (χ3n) is 3.57. The molecule has 0 aromatic carbocycles. The predicted molar refractivity (Wildman–Crippen MR) is 62.1 cm³/mol. The van der Waals surface area contributed by atoms with Crippen molar-refractivity contribution in [2.24, 2.45) is 5.92 Å². The number of carbonyl (C=O) groups is 1. The summed E-state index contributed by atoms with van der Waals surface area (Å²) in [7, 11) is 0. The van der Waals surface area contributed by atoms with Crippen LogP contribution in [0.5, 0.6) is 0 Å². The molecule has 0 saturated heterocycles. The average Bonchev–Trinajstić information content (AvgIpc) is 2.30. The molecule has 0 spiro atoms. The standard InChI is InChI=1S/C13H18N2O/c1-9(16)11-3-5-12(6-4-11)13-7-14-10(2)15-8-13/h7-8,11-12H,3-6H2,1-2H3. The number of ketones is 1. The van der Waals surface area contributed by atoms with Crippen LogP contribution < -0.4 is 0 Å². The van der Waals surface area contributed by atoms with Gasteiger partial charge in [0.25, 0.3) is 0 Å². The normalized spacial score (nSPS) is 25.4. The fourth-order valence-electron chi connectivity index (χ4n) is 2.45. The van der Waals surface area contributed by atoms with Crippen LogP contribution in [0.15, 0.2) is 12.4 Å². The van der Waals surface area contributed by atoms with Gasteiger partial charge in [0.1, 0.15) is 11.6 Å². The van der Waals surface area contributed by atoms with Gasteiger partial charge in [-0.05, 0) is 51.0 Å². The molecule has 0 atom stereocenters. The minimum atomic E-state index is 0.294. The Labute approximate surface area is 96.3 Å². The Morgan fingerprint density at radius 3 is 2.25 bits per heavy atom. The Hall–Kier alpha value is -1.25. The fraction of sp³-hybridized carbons (Fsp3) is 0.615. The summed E-state index contributed by atoms with van der Waals surface area (Å²) in [5.41, 5.74) is 1.23. The summed E-state index contributed by atoms with van der Waals surface area (Å²) in [6.07, 6.45) is 8.09. The van der Waals surface area contributed by atoms with Crippen molar-refractivity contribution in [2.45, 2.75) is 45.4 Å².